The van der Waals surface area contributed by atoms with E-state index in [0.717, 1.165) is 11.3 Å². The van der Waals surface area contributed by atoms with Crippen LogP contribution in [-0.4, -0.2) is 25.0 Å². The Morgan fingerprint density at radius 1 is 1.25 bits per heavy atom. The van der Waals surface area contributed by atoms with Crippen LogP contribution < -0.4 is 15.4 Å². The van der Waals surface area contributed by atoms with Crippen molar-refractivity contribution >= 4 is 29.1 Å². The van der Waals surface area contributed by atoms with Gasteiger partial charge >= 0.3 is 0 Å². The van der Waals surface area contributed by atoms with Crippen molar-refractivity contribution in [3.63, 3.8) is 0 Å². The highest BCUT2D eigenvalue weighted by Gasteiger charge is 2.37. The molecule has 2 N–H and O–H groups in total. The normalized spacial score (nSPS) is 15.9. The maximum atomic E-state index is 12.9. The number of amides is 2. The summed E-state index contributed by atoms with van der Waals surface area (Å²) >= 11 is 6.22. The number of hydrogen-bond donors (Lipinski definition) is 1. The zero-order valence-corrected chi connectivity index (χ0v) is 13.9. The van der Waals surface area contributed by atoms with Crippen LogP contribution in [-0.2, 0) is 22.4 Å². The summed E-state index contributed by atoms with van der Waals surface area (Å²) in [5.41, 5.74) is 7.75. The SMILES string of the molecule is COc1cccc(Cl)c1CC(=O)N1c2ccccc2C[C@H]1C(N)=O. The van der Waals surface area contributed by atoms with Crippen LogP contribution >= 0.6 is 11.6 Å². The molecule has 3 rings (SSSR count). The molecule has 5 nitrogen and oxygen atoms in total. The third-order valence-electron chi connectivity index (χ3n) is 4.20. The van der Waals surface area contributed by atoms with E-state index in [1.54, 1.807) is 18.2 Å². The van der Waals surface area contributed by atoms with Crippen molar-refractivity contribution in [3.8, 4) is 5.75 Å². The van der Waals surface area contributed by atoms with E-state index >= 15 is 0 Å². The molecule has 2 amide bonds. The Kier molecular flexibility index (Phi) is 4.44. The van der Waals surface area contributed by atoms with Crippen LogP contribution in [0.3, 0.4) is 0 Å². The topological polar surface area (TPSA) is 72.6 Å². The second kappa shape index (κ2) is 6.53. The summed E-state index contributed by atoms with van der Waals surface area (Å²) in [6.45, 7) is 0. The summed E-state index contributed by atoms with van der Waals surface area (Å²) < 4.78 is 5.29. The Morgan fingerprint density at radius 2 is 2.00 bits per heavy atom. The number of anilines is 1. The smallest absolute Gasteiger partial charge is 0.240 e. The van der Waals surface area contributed by atoms with E-state index in [1.165, 1.54) is 12.0 Å². The number of carbonyl (C=O) groups excluding carboxylic acids is 2. The number of nitrogens with two attached hydrogens (primary N) is 1. The number of fused-ring (bicyclic) bond motifs is 1. The van der Waals surface area contributed by atoms with Crippen LogP contribution in [0.25, 0.3) is 0 Å². The lowest BCUT2D eigenvalue weighted by atomic mass is 10.1. The molecule has 0 radical (unpaired) electrons. The molecule has 2 aromatic rings. The van der Waals surface area contributed by atoms with Gasteiger partial charge in [0, 0.05) is 22.7 Å². The molecule has 1 aliphatic heterocycles. The number of carbonyl (C=O) groups is 2. The minimum Gasteiger partial charge on any atom is -0.496 e. The summed E-state index contributed by atoms with van der Waals surface area (Å²) in [5.74, 6) is -0.222. The van der Waals surface area contributed by atoms with Gasteiger partial charge in [-0.1, -0.05) is 35.9 Å². The summed E-state index contributed by atoms with van der Waals surface area (Å²) in [7, 11) is 1.52. The number of ether oxygens (including phenoxy) is 1. The molecule has 0 saturated carbocycles. The fourth-order valence-electron chi connectivity index (χ4n) is 3.06. The summed E-state index contributed by atoms with van der Waals surface area (Å²) in [5, 5.41) is 0.450. The zero-order valence-electron chi connectivity index (χ0n) is 13.2. The molecule has 24 heavy (non-hydrogen) atoms. The molecule has 0 fully saturated rings. The maximum absolute atomic E-state index is 12.9. The van der Waals surface area contributed by atoms with Crippen molar-refractivity contribution < 1.29 is 14.3 Å². The van der Waals surface area contributed by atoms with Crippen LogP contribution in [0.4, 0.5) is 5.69 Å². The van der Waals surface area contributed by atoms with E-state index in [9.17, 15) is 9.59 Å². The molecule has 2 aromatic carbocycles. The first-order chi connectivity index (χ1) is 11.5. The Bertz CT molecular complexity index is 807. The van der Waals surface area contributed by atoms with Crippen molar-refractivity contribution in [2.24, 2.45) is 5.73 Å². The Hall–Kier alpha value is -2.53. The predicted molar refractivity (Wildman–Crippen MR) is 92.3 cm³/mol. The van der Waals surface area contributed by atoms with E-state index in [-0.39, 0.29) is 12.3 Å². The highest BCUT2D eigenvalue weighted by atomic mass is 35.5. The first-order valence-electron chi connectivity index (χ1n) is 7.53. The van der Waals surface area contributed by atoms with Crippen molar-refractivity contribution in [1.29, 1.82) is 0 Å². The molecule has 1 heterocycles. The van der Waals surface area contributed by atoms with Crippen molar-refractivity contribution in [3.05, 3.63) is 58.6 Å². The van der Waals surface area contributed by atoms with Gasteiger partial charge in [-0.15, -0.1) is 0 Å². The summed E-state index contributed by atoms with van der Waals surface area (Å²) in [4.78, 5) is 26.2. The quantitative estimate of drug-likeness (QED) is 0.925. The molecule has 6 heteroatoms. The maximum Gasteiger partial charge on any atom is 0.240 e. The number of halogens is 1. The Morgan fingerprint density at radius 3 is 2.71 bits per heavy atom. The lowest BCUT2D eigenvalue weighted by molar-refractivity contribution is -0.124. The van der Waals surface area contributed by atoms with Crippen LogP contribution in [0, 0.1) is 0 Å². The number of hydrogen-bond acceptors (Lipinski definition) is 3. The van der Waals surface area contributed by atoms with Crippen LogP contribution in [0.5, 0.6) is 5.75 Å². The van der Waals surface area contributed by atoms with Gasteiger partial charge in [-0.3, -0.25) is 14.5 Å². The first kappa shape index (κ1) is 16.3. The van der Waals surface area contributed by atoms with E-state index in [4.69, 9.17) is 22.1 Å². The fourth-order valence-corrected chi connectivity index (χ4v) is 3.29. The van der Waals surface area contributed by atoms with Gasteiger partial charge in [0.05, 0.1) is 13.5 Å². The third-order valence-corrected chi connectivity index (χ3v) is 4.55. The van der Waals surface area contributed by atoms with E-state index in [2.05, 4.69) is 0 Å². The van der Waals surface area contributed by atoms with Crippen molar-refractivity contribution in [2.45, 2.75) is 18.9 Å². The van der Waals surface area contributed by atoms with Gasteiger partial charge in [-0.25, -0.2) is 0 Å². The number of primary amides is 1. The number of methoxy groups -OCH3 is 1. The molecule has 0 saturated heterocycles. The van der Waals surface area contributed by atoms with E-state index < -0.39 is 11.9 Å². The second-order valence-electron chi connectivity index (χ2n) is 5.61. The highest BCUT2D eigenvalue weighted by molar-refractivity contribution is 6.31. The summed E-state index contributed by atoms with van der Waals surface area (Å²) in [6.07, 6.45) is 0.456. The number of nitrogens with zero attached hydrogens (tertiary/aromatic N) is 1. The van der Waals surface area contributed by atoms with Gasteiger partial charge in [0.15, 0.2) is 0 Å². The monoisotopic (exact) mass is 344 g/mol. The minimum absolute atomic E-state index is 0.0287. The van der Waals surface area contributed by atoms with Gasteiger partial charge in [0.2, 0.25) is 11.8 Å². The van der Waals surface area contributed by atoms with E-state index in [0.29, 0.717) is 22.8 Å². The van der Waals surface area contributed by atoms with Gasteiger partial charge in [0.1, 0.15) is 11.8 Å². The second-order valence-corrected chi connectivity index (χ2v) is 6.02. The van der Waals surface area contributed by atoms with Gasteiger partial charge < -0.3 is 10.5 Å². The molecule has 0 spiro atoms. The van der Waals surface area contributed by atoms with Crippen molar-refractivity contribution in [2.75, 3.05) is 12.0 Å². The Balaban J connectivity index is 1.95. The largest absolute Gasteiger partial charge is 0.496 e. The first-order valence-corrected chi connectivity index (χ1v) is 7.91. The van der Waals surface area contributed by atoms with Crippen LogP contribution in [0.2, 0.25) is 5.02 Å². The number of rotatable bonds is 4. The Labute approximate surface area is 145 Å². The van der Waals surface area contributed by atoms with Gasteiger partial charge in [-0.05, 0) is 23.8 Å². The van der Waals surface area contributed by atoms with Crippen LogP contribution in [0.1, 0.15) is 11.1 Å². The van der Waals surface area contributed by atoms with Gasteiger partial charge in [-0.2, -0.15) is 0 Å². The van der Waals surface area contributed by atoms with Gasteiger partial charge in [0.25, 0.3) is 0 Å². The van der Waals surface area contributed by atoms with Crippen molar-refractivity contribution in [1.82, 2.24) is 0 Å². The molecule has 1 atom stereocenters. The molecule has 0 unspecified atom stereocenters. The zero-order chi connectivity index (χ0) is 17.3. The van der Waals surface area contributed by atoms with E-state index in [1.807, 2.05) is 24.3 Å². The van der Waals surface area contributed by atoms with Crippen LogP contribution in [0.15, 0.2) is 42.5 Å². The molecular formula is C18H17ClN2O3. The molecule has 1 aliphatic rings. The fraction of sp³-hybridized carbons (Fsp3) is 0.222. The average Bonchev–Trinajstić information content (AvgIpc) is 2.96. The third kappa shape index (κ3) is 2.83. The molecule has 124 valence electrons. The molecule has 0 aliphatic carbocycles. The lowest BCUT2D eigenvalue weighted by Gasteiger charge is -2.24. The lowest BCUT2D eigenvalue weighted by Crippen LogP contribution is -2.46. The average molecular weight is 345 g/mol. The summed E-state index contributed by atoms with van der Waals surface area (Å²) in [6, 6.07) is 12.0. The standard InChI is InChI=1S/C18H17ClN2O3/c1-24-16-8-4-6-13(19)12(16)10-17(22)21-14-7-3-2-5-11(14)9-15(21)18(20)23/h2-8,15H,9-10H2,1H3,(H2,20,23)/t15-/m0/s1. The molecular weight excluding hydrogens is 328 g/mol. The minimum atomic E-state index is -0.677. The predicted octanol–water partition coefficient (Wildman–Crippen LogP) is 2.33. The molecule has 0 bridgehead atoms. The number of para-hydroxylation sites is 1. The number of benzene rings is 2. The molecule has 0 aromatic heterocycles. The highest BCUT2D eigenvalue weighted by Crippen LogP contribution is 2.34.